The van der Waals surface area contributed by atoms with Crippen LogP contribution in [0, 0.1) is 26.9 Å². The number of non-ortho nitro benzene ring substituents is 1. The number of esters is 1. The van der Waals surface area contributed by atoms with Gasteiger partial charge in [-0.2, -0.15) is 5.26 Å². The molecule has 0 bridgehead atoms. The summed E-state index contributed by atoms with van der Waals surface area (Å²) in [6.45, 7) is 1.41. The number of nitro benzene ring substituents is 1. The molecule has 9 nitrogen and oxygen atoms in total. The summed E-state index contributed by atoms with van der Waals surface area (Å²) in [5, 5.41) is 21.5. The van der Waals surface area contributed by atoms with Gasteiger partial charge in [0.05, 0.1) is 37.3 Å². The minimum absolute atomic E-state index is 0.133. The molecule has 0 N–H and O–H groups in total. The zero-order chi connectivity index (χ0) is 23.9. The molecular formula is C24H21N3O6. The van der Waals surface area contributed by atoms with Crippen LogP contribution in [0.4, 0.5) is 11.4 Å². The molecule has 0 amide bonds. The number of hydrogen-bond donors (Lipinski definition) is 0. The fourth-order valence-electron chi connectivity index (χ4n) is 5.03. The predicted octanol–water partition coefficient (Wildman–Crippen LogP) is 3.24. The average molecular weight is 447 g/mol. The molecule has 4 atom stereocenters. The number of ketones is 1. The number of methoxy groups -OCH3 is 2. The molecule has 4 rings (SSSR count). The van der Waals surface area contributed by atoms with Crippen molar-refractivity contribution in [2.75, 3.05) is 19.1 Å². The molecule has 33 heavy (non-hydrogen) atoms. The normalized spacial score (nSPS) is 24.9. The van der Waals surface area contributed by atoms with E-state index in [9.17, 15) is 25.0 Å². The zero-order valence-electron chi connectivity index (χ0n) is 18.2. The van der Waals surface area contributed by atoms with Gasteiger partial charge >= 0.3 is 5.97 Å². The van der Waals surface area contributed by atoms with Gasteiger partial charge in [0, 0.05) is 29.3 Å². The molecule has 2 aromatic carbocycles. The fourth-order valence-corrected chi connectivity index (χ4v) is 5.03. The van der Waals surface area contributed by atoms with E-state index in [1.165, 1.54) is 38.3 Å². The molecule has 0 saturated carbocycles. The van der Waals surface area contributed by atoms with E-state index < -0.39 is 34.3 Å². The maximum atomic E-state index is 13.2. The Bertz CT molecular complexity index is 1220. The van der Waals surface area contributed by atoms with Gasteiger partial charge in [0.2, 0.25) is 0 Å². The zero-order valence-corrected chi connectivity index (χ0v) is 18.2. The summed E-state index contributed by atoms with van der Waals surface area (Å²) >= 11 is 0. The summed E-state index contributed by atoms with van der Waals surface area (Å²) < 4.78 is 10.4. The quantitative estimate of drug-likeness (QED) is 0.389. The number of ether oxygens (including phenoxy) is 2. The molecule has 0 unspecified atom stereocenters. The van der Waals surface area contributed by atoms with Crippen molar-refractivity contribution in [1.29, 1.82) is 5.26 Å². The Balaban J connectivity index is 1.98. The number of fused-ring (bicyclic) bond motifs is 3. The van der Waals surface area contributed by atoms with E-state index in [1.807, 2.05) is 6.07 Å². The van der Waals surface area contributed by atoms with Crippen molar-refractivity contribution in [3.63, 3.8) is 0 Å². The van der Waals surface area contributed by atoms with E-state index >= 15 is 0 Å². The van der Waals surface area contributed by atoms with E-state index in [1.54, 1.807) is 36.3 Å². The van der Waals surface area contributed by atoms with Crippen molar-refractivity contribution in [2.45, 2.75) is 24.9 Å². The number of nitro groups is 1. The van der Waals surface area contributed by atoms with Crippen LogP contribution in [0.1, 0.15) is 24.0 Å². The number of Topliss-reactive ketones (excluding diaryl/α,β-unsaturated/α-hetero) is 1. The largest absolute Gasteiger partial charge is 0.497 e. The standard InChI is InChI=1S/C24H21N3O6/c1-14(28)22-21(15-4-7-17(8-5-15)27(30)31)24(13-25,23(29)33-3)20-11-6-16-12-18(32-2)9-10-19(16)26(20)22/h4-12,20-22H,1-3H3/t20-,21+,22+,24+/m1/s1. The molecule has 2 aliphatic rings. The number of nitrogens with zero attached hydrogens (tertiary/aromatic N) is 3. The Kier molecular flexibility index (Phi) is 5.38. The smallest absolute Gasteiger partial charge is 0.329 e. The van der Waals surface area contributed by atoms with Crippen molar-refractivity contribution >= 4 is 29.2 Å². The van der Waals surface area contributed by atoms with Crippen molar-refractivity contribution in [2.24, 2.45) is 5.41 Å². The number of hydrogen-bond acceptors (Lipinski definition) is 8. The lowest BCUT2D eigenvalue weighted by molar-refractivity contribution is -0.384. The number of nitriles is 1. The van der Waals surface area contributed by atoms with Crippen LogP contribution in [-0.4, -0.2) is 43.0 Å². The predicted molar refractivity (Wildman–Crippen MR) is 119 cm³/mol. The highest BCUT2D eigenvalue weighted by Crippen LogP contribution is 2.56. The van der Waals surface area contributed by atoms with E-state index in [2.05, 4.69) is 6.07 Å². The van der Waals surface area contributed by atoms with Gasteiger partial charge in [-0.3, -0.25) is 19.7 Å². The molecule has 1 fully saturated rings. The highest BCUT2D eigenvalue weighted by molar-refractivity contribution is 5.96. The fraction of sp³-hybridized carbons (Fsp3) is 0.292. The maximum Gasteiger partial charge on any atom is 0.329 e. The summed E-state index contributed by atoms with van der Waals surface area (Å²) in [6.07, 6.45) is 3.52. The van der Waals surface area contributed by atoms with Gasteiger partial charge in [-0.1, -0.05) is 24.3 Å². The molecule has 9 heteroatoms. The first kappa shape index (κ1) is 22.0. The first-order chi connectivity index (χ1) is 15.8. The van der Waals surface area contributed by atoms with Crippen LogP contribution in [0.3, 0.4) is 0 Å². The average Bonchev–Trinajstić information content (AvgIpc) is 3.14. The maximum absolute atomic E-state index is 13.2. The summed E-state index contributed by atoms with van der Waals surface area (Å²) in [5.74, 6) is -1.31. The van der Waals surface area contributed by atoms with Crippen molar-refractivity contribution in [3.8, 4) is 11.8 Å². The van der Waals surface area contributed by atoms with Crippen LogP contribution in [0.15, 0.2) is 48.5 Å². The van der Waals surface area contributed by atoms with Gasteiger partial charge in [0.1, 0.15) is 5.75 Å². The number of anilines is 1. The van der Waals surface area contributed by atoms with Gasteiger partial charge in [-0.05, 0) is 30.7 Å². The van der Waals surface area contributed by atoms with E-state index in [0.717, 1.165) is 5.56 Å². The number of carbonyl (C=O) groups is 2. The second kappa shape index (κ2) is 8.06. The Hall–Kier alpha value is -4.19. The third-order valence-corrected chi connectivity index (χ3v) is 6.43. The summed E-state index contributed by atoms with van der Waals surface area (Å²) in [5.41, 5.74) is 0.0294. The molecule has 2 heterocycles. The van der Waals surface area contributed by atoms with Crippen LogP contribution in [0.2, 0.25) is 0 Å². The summed E-state index contributed by atoms with van der Waals surface area (Å²) in [4.78, 5) is 38.6. The second-order valence-electron chi connectivity index (χ2n) is 7.99. The Labute approximate surface area is 190 Å². The summed E-state index contributed by atoms with van der Waals surface area (Å²) in [7, 11) is 2.75. The lowest BCUT2D eigenvalue weighted by atomic mass is 9.68. The van der Waals surface area contributed by atoms with Gasteiger partial charge in [-0.15, -0.1) is 0 Å². The highest BCUT2D eigenvalue weighted by Gasteiger charge is 2.66. The van der Waals surface area contributed by atoms with Crippen LogP contribution < -0.4 is 9.64 Å². The Morgan fingerprint density at radius 1 is 1.18 bits per heavy atom. The molecule has 2 aliphatic heterocycles. The molecule has 2 aromatic rings. The third-order valence-electron chi connectivity index (χ3n) is 6.43. The molecular weight excluding hydrogens is 426 g/mol. The lowest BCUT2D eigenvalue weighted by Crippen LogP contribution is -2.46. The van der Waals surface area contributed by atoms with Crippen molar-refractivity contribution in [3.05, 3.63) is 69.8 Å². The third kappa shape index (κ3) is 3.14. The van der Waals surface area contributed by atoms with Crippen LogP contribution in [-0.2, 0) is 14.3 Å². The van der Waals surface area contributed by atoms with Crippen molar-refractivity contribution in [1.82, 2.24) is 0 Å². The molecule has 0 spiro atoms. The number of carbonyl (C=O) groups excluding carboxylic acids is 2. The van der Waals surface area contributed by atoms with Crippen LogP contribution >= 0.6 is 0 Å². The van der Waals surface area contributed by atoms with Crippen molar-refractivity contribution < 1.29 is 24.0 Å². The molecule has 1 saturated heterocycles. The Morgan fingerprint density at radius 3 is 2.42 bits per heavy atom. The second-order valence-corrected chi connectivity index (χ2v) is 7.99. The first-order valence-electron chi connectivity index (χ1n) is 10.2. The van der Waals surface area contributed by atoms with Crippen LogP contribution in [0.25, 0.3) is 6.08 Å². The monoisotopic (exact) mass is 447 g/mol. The van der Waals surface area contributed by atoms with Gasteiger partial charge in [0.15, 0.2) is 11.2 Å². The number of benzene rings is 2. The molecule has 168 valence electrons. The Morgan fingerprint density at radius 2 is 1.88 bits per heavy atom. The van der Waals surface area contributed by atoms with E-state index in [-0.39, 0.29) is 11.5 Å². The van der Waals surface area contributed by atoms with E-state index in [4.69, 9.17) is 9.47 Å². The molecule has 0 radical (unpaired) electrons. The van der Waals surface area contributed by atoms with Gasteiger partial charge in [0.25, 0.3) is 5.69 Å². The minimum atomic E-state index is -1.75. The molecule has 0 aliphatic carbocycles. The topological polar surface area (TPSA) is 123 Å². The van der Waals surface area contributed by atoms with Crippen LogP contribution in [0.5, 0.6) is 5.75 Å². The highest BCUT2D eigenvalue weighted by atomic mass is 16.6. The molecule has 0 aromatic heterocycles. The SMILES string of the molecule is COC(=O)[C@]1(C#N)[C@@H](c2ccc([N+](=O)[O-])cc2)[C@H](C(C)=O)N2c3ccc(OC)cc3C=C[C@@H]21. The van der Waals surface area contributed by atoms with Gasteiger partial charge in [-0.25, -0.2) is 0 Å². The summed E-state index contributed by atoms with van der Waals surface area (Å²) in [6, 6.07) is 11.4. The number of rotatable bonds is 5. The first-order valence-corrected chi connectivity index (χ1v) is 10.2. The van der Waals surface area contributed by atoms with E-state index in [0.29, 0.717) is 17.0 Å². The van der Waals surface area contributed by atoms with Gasteiger partial charge < -0.3 is 14.4 Å². The minimum Gasteiger partial charge on any atom is -0.497 e. The lowest BCUT2D eigenvalue weighted by Gasteiger charge is -2.36.